The number of anilines is 2. The lowest BCUT2D eigenvalue weighted by Crippen LogP contribution is -2.43. The SMILES string of the molecule is CN1CCOC(CNc2ncc(N)cc2Br)C1. The number of aromatic nitrogens is 1. The van der Waals surface area contributed by atoms with Crippen LogP contribution in [-0.2, 0) is 4.74 Å². The number of ether oxygens (including phenoxy) is 1. The van der Waals surface area contributed by atoms with Crippen molar-refractivity contribution in [3.8, 4) is 0 Å². The van der Waals surface area contributed by atoms with Crippen molar-refractivity contribution in [1.29, 1.82) is 0 Å². The Morgan fingerprint density at radius 1 is 1.71 bits per heavy atom. The van der Waals surface area contributed by atoms with Crippen molar-refractivity contribution in [2.24, 2.45) is 0 Å². The summed E-state index contributed by atoms with van der Waals surface area (Å²) in [5.41, 5.74) is 6.28. The maximum atomic E-state index is 5.66. The third-order valence-electron chi connectivity index (χ3n) is 2.70. The summed E-state index contributed by atoms with van der Waals surface area (Å²) < 4.78 is 6.54. The van der Waals surface area contributed by atoms with Gasteiger partial charge in [0.05, 0.1) is 29.1 Å². The van der Waals surface area contributed by atoms with Crippen LogP contribution in [0.25, 0.3) is 0 Å². The number of rotatable bonds is 3. The van der Waals surface area contributed by atoms with E-state index in [-0.39, 0.29) is 6.10 Å². The van der Waals surface area contributed by atoms with Crippen LogP contribution in [0.3, 0.4) is 0 Å². The van der Waals surface area contributed by atoms with Gasteiger partial charge >= 0.3 is 0 Å². The largest absolute Gasteiger partial charge is 0.397 e. The average molecular weight is 301 g/mol. The zero-order valence-corrected chi connectivity index (χ0v) is 11.4. The van der Waals surface area contributed by atoms with Crippen molar-refractivity contribution in [3.05, 3.63) is 16.7 Å². The number of likely N-dealkylation sites (N-methyl/N-ethyl adjacent to an activating group) is 1. The molecule has 17 heavy (non-hydrogen) atoms. The molecule has 1 aliphatic heterocycles. The van der Waals surface area contributed by atoms with Crippen LogP contribution >= 0.6 is 15.9 Å². The van der Waals surface area contributed by atoms with Gasteiger partial charge in [-0.2, -0.15) is 0 Å². The number of hydrogen-bond donors (Lipinski definition) is 2. The predicted molar refractivity (Wildman–Crippen MR) is 72.1 cm³/mol. The Balaban J connectivity index is 1.88. The summed E-state index contributed by atoms with van der Waals surface area (Å²) in [6.45, 7) is 3.49. The van der Waals surface area contributed by atoms with Crippen LogP contribution in [0, 0.1) is 0 Å². The fraction of sp³-hybridized carbons (Fsp3) is 0.545. The van der Waals surface area contributed by atoms with Crippen LogP contribution in [-0.4, -0.2) is 49.3 Å². The summed E-state index contributed by atoms with van der Waals surface area (Å²) in [5, 5.41) is 3.27. The number of nitrogens with one attached hydrogen (secondary N) is 1. The molecular weight excluding hydrogens is 284 g/mol. The fourth-order valence-electron chi connectivity index (χ4n) is 1.78. The van der Waals surface area contributed by atoms with Gasteiger partial charge in [-0.25, -0.2) is 4.98 Å². The van der Waals surface area contributed by atoms with Gasteiger partial charge < -0.3 is 20.7 Å². The number of halogens is 1. The van der Waals surface area contributed by atoms with Gasteiger partial charge in [0.25, 0.3) is 0 Å². The van der Waals surface area contributed by atoms with E-state index in [1.165, 1.54) is 0 Å². The van der Waals surface area contributed by atoms with Crippen molar-refractivity contribution < 1.29 is 4.74 Å². The molecule has 1 saturated heterocycles. The lowest BCUT2D eigenvalue weighted by molar-refractivity contribution is -0.0117. The quantitative estimate of drug-likeness (QED) is 0.877. The van der Waals surface area contributed by atoms with Crippen LogP contribution in [0.5, 0.6) is 0 Å². The van der Waals surface area contributed by atoms with E-state index < -0.39 is 0 Å². The smallest absolute Gasteiger partial charge is 0.140 e. The van der Waals surface area contributed by atoms with E-state index in [9.17, 15) is 0 Å². The number of hydrogen-bond acceptors (Lipinski definition) is 5. The van der Waals surface area contributed by atoms with E-state index in [0.29, 0.717) is 5.69 Å². The van der Waals surface area contributed by atoms with E-state index in [1.54, 1.807) is 6.20 Å². The lowest BCUT2D eigenvalue weighted by atomic mass is 10.3. The molecule has 2 heterocycles. The van der Waals surface area contributed by atoms with Gasteiger partial charge in [0.15, 0.2) is 0 Å². The zero-order chi connectivity index (χ0) is 12.3. The number of nitrogens with two attached hydrogens (primary N) is 1. The molecule has 0 amide bonds. The molecule has 0 saturated carbocycles. The van der Waals surface area contributed by atoms with Gasteiger partial charge in [-0.1, -0.05) is 0 Å². The van der Waals surface area contributed by atoms with Gasteiger partial charge in [0.1, 0.15) is 5.82 Å². The maximum absolute atomic E-state index is 5.66. The second-order valence-electron chi connectivity index (χ2n) is 4.24. The molecule has 1 aliphatic rings. The minimum atomic E-state index is 0.208. The molecule has 0 aromatic carbocycles. The highest BCUT2D eigenvalue weighted by molar-refractivity contribution is 9.10. The van der Waals surface area contributed by atoms with Gasteiger partial charge in [0.2, 0.25) is 0 Å². The Bertz CT molecular complexity index is 388. The zero-order valence-electron chi connectivity index (χ0n) is 9.82. The monoisotopic (exact) mass is 300 g/mol. The van der Waals surface area contributed by atoms with E-state index in [0.717, 1.165) is 36.5 Å². The summed E-state index contributed by atoms with van der Waals surface area (Å²) in [5.74, 6) is 0.802. The van der Waals surface area contributed by atoms with E-state index in [4.69, 9.17) is 10.5 Å². The molecule has 6 heteroatoms. The molecular formula is C11H17BrN4O. The summed E-state index contributed by atoms with van der Waals surface area (Å²) in [6.07, 6.45) is 1.85. The maximum Gasteiger partial charge on any atom is 0.140 e. The molecule has 1 aromatic heterocycles. The molecule has 5 nitrogen and oxygen atoms in total. The van der Waals surface area contributed by atoms with Crippen molar-refractivity contribution in [2.75, 3.05) is 44.3 Å². The molecule has 1 atom stereocenters. The van der Waals surface area contributed by atoms with E-state index in [2.05, 4.69) is 38.2 Å². The Morgan fingerprint density at radius 2 is 2.53 bits per heavy atom. The summed E-state index contributed by atoms with van der Waals surface area (Å²) >= 11 is 3.43. The first-order chi connectivity index (χ1) is 8.15. The van der Waals surface area contributed by atoms with E-state index in [1.807, 2.05) is 6.07 Å². The number of nitrogen functional groups attached to an aromatic ring is 1. The molecule has 2 rings (SSSR count). The highest BCUT2D eigenvalue weighted by atomic mass is 79.9. The van der Waals surface area contributed by atoms with Crippen molar-refractivity contribution in [3.63, 3.8) is 0 Å². The molecule has 1 fully saturated rings. The lowest BCUT2D eigenvalue weighted by Gasteiger charge is -2.30. The van der Waals surface area contributed by atoms with Crippen LogP contribution < -0.4 is 11.1 Å². The van der Waals surface area contributed by atoms with Crippen LogP contribution in [0.15, 0.2) is 16.7 Å². The number of morpholine rings is 1. The van der Waals surface area contributed by atoms with Crippen LogP contribution in [0.4, 0.5) is 11.5 Å². The van der Waals surface area contributed by atoms with E-state index >= 15 is 0 Å². The molecule has 0 spiro atoms. The van der Waals surface area contributed by atoms with Crippen molar-refractivity contribution in [2.45, 2.75) is 6.10 Å². The normalized spacial score (nSPS) is 21.4. The molecule has 0 bridgehead atoms. The first-order valence-corrected chi connectivity index (χ1v) is 6.39. The van der Waals surface area contributed by atoms with Gasteiger partial charge in [-0.05, 0) is 29.0 Å². The fourth-order valence-corrected chi connectivity index (χ4v) is 2.29. The number of nitrogens with zero attached hydrogens (tertiary/aromatic N) is 2. The highest BCUT2D eigenvalue weighted by Crippen LogP contribution is 2.21. The van der Waals surface area contributed by atoms with Crippen LogP contribution in [0.2, 0.25) is 0 Å². The third kappa shape index (κ3) is 3.55. The first-order valence-electron chi connectivity index (χ1n) is 5.60. The second kappa shape index (κ2) is 5.66. The predicted octanol–water partition coefficient (Wildman–Crippen LogP) is 1.17. The first kappa shape index (κ1) is 12.6. The Hall–Kier alpha value is -0.850. The molecule has 94 valence electrons. The number of pyridine rings is 1. The highest BCUT2D eigenvalue weighted by Gasteiger charge is 2.17. The molecule has 1 aromatic rings. The Morgan fingerprint density at radius 3 is 3.24 bits per heavy atom. The third-order valence-corrected chi connectivity index (χ3v) is 3.31. The van der Waals surface area contributed by atoms with Gasteiger partial charge in [-0.15, -0.1) is 0 Å². The summed E-state index contributed by atoms with van der Waals surface area (Å²) in [4.78, 5) is 6.49. The summed E-state index contributed by atoms with van der Waals surface area (Å²) in [7, 11) is 2.10. The van der Waals surface area contributed by atoms with Crippen molar-refractivity contribution >= 4 is 27.4 Å². The van der Waals surface area contributed by atoms with Crippen molar-refractivity contribution in [1.82, 2.24) is 9.88 Å². The minimum absolute atomic E-state index is 0.208. The summed E-state index contributed by atoms with van der Waals surface area (Å²) in [6, 6.07) is 1.84. The second-order valence-corrected chi connectivity index (χ2v) is 5.09. The van der Waals surface area contributed by atoms with Crippen LogP contribution in [0.1, 0.15) is 0 Å². The van der Waals surface area contributed by atoms with Gasteiger partial charge in [-0.3, -0.25) is 0 Å². The Labute approximate surface area is 109 Å². The molecule has 1 unspecified atom stereocenters. The minimum Gasteiger partial charge on any atom is -0.397 e. The Kier molecular flexibility index (Phi) is 4.20. The van der Waals surface area contributed by atoms with Gasteiger partial charge in [0, 0.05) is 19.6 Å². The average Bonchev–Trinajstić information content (AvgIpc) is 2.28. The standard InChI is InChI=1S/C11H17BrN4O/c1-16-2-3-17-9(7-16)6-15-11-10(12)4-8(13)5-14-11/h4-5,9H,2-3,6-7,13H2,1H3,(H,14,15). The molecule has 3 N–H and O–H groups in total. The molecule has 0 aliphatic carbocycles. The molecule has 0 radical (unpaired) electrons. The topological polar surface area (TPSA) is 63.4 Å².